The van der Waals surface area contributed by atoms with Crippen LogP contribution in [-0.4, -0.2) is 15.5 Å². The average molecular weight is 477 g/mol. The van der Waals surface area contributed by atoms with Gasteiger partial charge in [-0.1, -0.05) is 24.3 Å². The highest BCUT2D eigenvalue weighted by atomic mass is 32.2. The van der Waals surface area contributed by atoms with Crippen molar-refractivity contribution in [3.05, 3.63) is 93.9 Å². The highest BCUT2D eigenvalue weighted by molar-refractivity contribution is 7.95. The molecule has 5 nitrogen and oxygen atoms in total. The molecule has 0 fully saturated rings. The van der Waals surface area contributed by atoms with Crippen LogP contribution in [0.2, 0.25) is 0 Å². The molecule has 3 aromatic rings. The van der Waals surface area contributed by atoms with Crippen LogP contribution in [0.25, 0.3) is 6.08 Å². The molecule has 0 atom stereocenters. The van der Waals surface area contributed by atoms with Crippen LogP contribution in [0.3, 0.4) is 0 Å². The van der Waals surface area contributed by atoms with Crippen LogP contribution in [0.15, 0.2) is 64.4 Å². The van der Waals surface area contributed by atoms with Gasteiger partial charge in [-0.05, 0) is 35.9 Å². The maximum Gasteiger partial charge on any atom is 0.216 e. The summed E-state index contributed by atoms with van der Waals surface area (Å²) in [5.74, 6) is -7.72. The first-order chi connectivity index (χ1) is 15.7. The number of sulfone groups is 1. The van der Waals surface area contributed by atoms with Crippen molar-refractivity contribution >= 4 is 15.9 Å². The van der Waals surface area contributed by atoms with E-state index >= 15 is 0 Å². The molecule has 0 aliphatic rings. The first-order valence-electron chi connectivity index (χ1n) is 9.23. The summed E-state index contributed by atoms with van der Waals surface area (Å²) in [6.45, 7) is -0.574. The third kappa shape index (κ3) is 4.99. The van der Waals surface area contributed by atoms with E-state index in [2.05, 4.69) is 0 Å². The van der Waals surface area contributed by atoms with E-state index in [0.717, 1.165) is 6.08 Å². The quantitative estimate of drug-likeness (QED) is 0.267. The van der Waals surface area contributed by atoms with Crippen LogP contribution in [-0.2, 0) is 16.4 Å². The van der Waals surface area contributed by atoms with Crippen molar-refractivity contribution in [3.63, 3.8) is 0 Å². The van der Waals surface area contributed by atoms with Gasteiger partial charge in [0.2, 0.25) is 21.5 Å². The minimum absolute atomic E-state index is 0.0557. The van der Waals surface area contributed by atoms with E-state index in [1.165, 1.54) is 49.6 Å². The van der Waals surface area contributed by atoms with Gasteiger partial charge in [0, 0.05) is 11.6 Å². The van der Waals surface area contributed by atoms with Gasteiger partial charge in [0.05, 0.1) is 12.0 Å². The molecule has 0 saturated heterocycles. The number of halogens is 4. The van der Waals surface area contributed by atoms with Crippen molar-refractivity contribution in [1.29, 1.82) is 5.26 Å². The maximum absolute atomic E-state index is 13.9. The van der Waals surface area contributed by atoms with Crippen molar-refractivity contribution in [2.75, 3.05) is 7.11 Å². The monoisotopic (exact) mass is 477 g/mol. The van der Waals surface area contributed by atoms with Gasteiger partial charge >= 0.3 is 0 Å². The fourth-order valence-electron chi connectivity index (χ4n) is 2.88. The molecular weight excluding hydrogens is 462 g/mol. The predicted molar refractivity (Wildman–Crippen MR) is 111 cm³/mol. The van der Waals surface area contributed by atoms with E-state index in [-0.39, 0.29) is 27.8 Å². The smallest absolute Gasteiger partial charge is 0.216 e. The highest BCUT2D eigenvalue weighted by Gasteiger charge is 2.22. The molecule has 0 heterocycles. The number of methoxy groups -OCH3 is 1. The van der Waals surface area contributed by atoms with E-state index in [1.54, 1.807) is 12.1 Å². The number of hydrogen-bond donors (Lipinski definition) is 0. The van der Waals surface area contributed by atoms with Crippen molar-refractivity contribution in [2.45, 2.75) is 11.5 Å². The molecule has 10 heteroatoms. The average Bonchev–Trinajstić information content (AvgIpc) is 2.81. The summed E-state index contributed by atoms with van der Waals surface area (Å²) >= 11 is 0. The van der Waals surface area contributed by atoms with Gasteiger partial charge in [0.25, 0.3) is 0 Å². The van der Waals surface area contributed by atoms with Crippen LogP contribution in [0, 0.1) is 34.6 Å². The first-order valence-corrected chi connectivity index (χ1v) is 10.7. The highest BCUT2D eigenvalue weighted by Crippen LogP contribution is 2.30. The lowest BCUT2D eigenvalue weighted by Gasteiger charge is -2.13. The zero-order chi connectivity index (χ0) is 24.2. The van der Waals surface area contributed by atoms with E-state index in [1.807, 2.05) is 0 Å². The number of allylic oxidation sites excluding steroid dienone is 1. The fraction of sp³-hybridized carbons (Fsp3) is 0.0870. The third-order valence-corrected chi connectivity index (χ3v) is 6.18. The van der Waals surface area contributed by atoms with Gasteiger partial charge in [0.1, 0.15) is 23.3 Å². The molecule has 0 bridgehead atoms. The van der Waals surface area contributed by atoms with E-state index < -0.39 is 50.4 Å². The zero-order valence-corrected chi connectivity index (χ0v) is 17.8. The second-order valence-electron chi connectivity index (χ2n) is 6.59. The van der Waals surface area contributed by atoms with Crippen molar-refractivity contribution < 1.29 is 35.5 Å². The minimum atomic E-state index is -4.10. The second-order valence-corrected chi connectivity index (χ2v) is 8.51. The Morgan fingerprint density at radius 3 is 2.21 bits per heavy atom. The van der Waals surface area contributed by atoms with Crippen LogP contribution in [0.1, 0.15) is 11.1 Å². The SMILES string of the molecule is COc1ccc(/C=C(\C#N)S(=O)(=O)c2ccccc2)cc1COc1c(F)c(F)cc(F)c1F. The Bertz CT molecular complexity index is 1340. The van der Waals surface area contributed by atoms with Gasteiger partial charge in [-0.3, -0.25) is 0 Å². The van der Waals surface area contributed by atoms with Crippen molar-refractivity contribution in [2.24, 2.45) is 0 Å². The van der Waals surface area contributed by atoms with Crippen LogP contribution >= 0.6 is 0 Å². The number of benzene rings is 3. The molecule has 0 N–H and O–H groups in total. The molecule has 0 radical (unpaired) electrons. The molecule has 0 amide bonds. The summed E-state index contributed by atoms with van der Waals surface area (Å²) in [5, 5.41) is 9.42. The predicted octanol–water partition coefficient (Wildman–Crippen LogP) is 5.17. The second kappa shape index (κ2) is 9.75. The first kappa shape index (κ1) is 23.8. The molecule has 0 aliphatic carbocycles. The molecule has 0 aliphatic heterocycles. The topological polar surface area (TPSA) is 76.4 Å². The lowest BCUT2D eigenvalue weighted by atomic mass is 10.1. The molecule has 170 valence electrons. The number of nitrogens with zero attached hydrogens (tertiary/aromatic N) is 1. The fourth-order valence-corrected chi connectivity index (χ4v) is 4.06. The van der Waals surface area contributed by atoms with E-state index in [9.17, 15) is 31.2 Å². The minimum Gasteiger partial charge on any atom is -0.496 e. The number of hydrogen-bond acceptors (Lipinski definition) is 5. The summed E-state index contributed by atoms with van der Waals surface area (Å²) in [6.07, 6.45) is 1.11. The van der Waals surface area contributed by atoms with Crippen LogP contribution in [0.4, 0.5) is 17.6 Å². The Labute approximate surface area is 187 Å². The summed E-state index contributed by atoms with van der Waals surface area (Å²) in [5.41, 5.74) is 0.404. The van der Waals surface area contributed by atoms with Crippen molar-refractivity contribution in [1.82, 2.24) is 0 Å². The van der Waals surface area contributed by atoms with E-state index in [0.29, 0.717) is 0 Å². The summed E-state index contributed by atoms with van der Waals surface area (Å²) in [6, 6.07) is 13.2. The molecule has 0 aromatic heterocycles. The summed E-state index contributed by atoms with van der Waals surface area (Å²) in [4.78, 5) is -0.621. The number of ether oxygens (including phenoxy) is 2. The molecular formula is C23H15F4NO4S. The Morgan fingerprint density at radius 2 is 1.64 bits per heavy atom. The van der Waals surface area contributed by atoms with Gasteiger partial charge in [-0.25, -0.2) is 17.2 Å². The molecule has 3 aromatic carbocycles. The Hall–Kier alpha value is -3.84. The Kier molecular flexibility index (Phi) is 7.04. The van der Waals surface area contributed by atoms with Gasteiger partial charge < -0.3 is 9.47 Å². The molecule has 3 rings (SSSR count). The maximum atomic E-state index is 13.9. The molecule has 0 saturated carbocycles. The number of nitriles is 1. The van der Waals surface area contributed by atoms with Crippen LogP contribution in [0.5, 0.6) is 11.5 Å². The summed E-state index contributed by atoms with van der Waals surface area (Å²) in [7, 11) is -2.80. The lowest BCUT2D eigenvalue weighted by molar-refractivity contribution is 0.256. The molecule has 0 spiro atoms. The molecule has 33 heavy (non-hydrogen) atoms. The van der Waals surface area contributed by atoms with Gasteiger partial charge in [-0.2, -0.15) is 14.0 Å². The van der Waals surface area contributed by atoms with E-state index in [4.69, 9.17) is 9.47 Å². The van der Waals surface area contributed by atoms with Gasteiger partial charge in [0.15, 0.2) is 17.4 Å². The normalized spacial score (nSPS) is 11.7. The Morgan fingerprint density at radius 1 is 1.00 bits per heavy atom. The van der Waals surface area contributed by atoms with Gasteiger partial charge in [-0.15, -0.1) is 0 Å². The zero-order valence-electron chi connectivity index (χ0n) is 17.0. The molecule has 0 unspecified atom stereocenters. The third-order valence-electron chi connectivity index (χ3n) is 4.50. The lowest BCUT2D eigenvalue weighted by Crippen LogP contribution is -2.05. The number of rotatable bonds is 7. The largest absolute Gasteiger partial charge is 0.496 e. The van der Waals surface area contributed by atoms with Crippen molar-refractivity contribution in [3.8, 4) is 17.6 Å². The standard InChI is InChI=1S/C23H15F4NO4S/c1-31-20-8-7-14(10-17(12-28)33(29,30)16-5-3-2-4-6-16)9-15(20)13-32-23-21(26)18(24)11-19(25)22(23)27/h2-11H,13H2,1H3/b17-10+. The summed E-state index contributed by atoms with van der Waals surface area (Å²) < 4.78 is 90.1. The van der Waals surface area contributed by atoms with Crippen LogP contribution < -0.4 is 9.47 Å². The Balaban J connectivity index is 1.97.